The summed E-state index contributed by atoms with van der Waals surface area (Å²) in [6, 6.07) is 9.49. The zero-order valence-electron chi connectivity index (χ0n) is 18.2. The lowest BCUT2D eigenvalue weighted by atomic mass is 10.1. The van der Waals surface area contributed by atoms with E-state index in [1.807, 2.05) is 42.1 Å². The second-order valence-electron chi connectivity index (χ2n) is 7.26. The van der Waals surface area contributed by atoms with Crippen LogP contribution < -0.4 is 16.0 Å². The fourth-order valence-corrected chi connectivity index (χ4v) is 3.19. The third-order valence-corrected chi connectivity index (χ3v) is 4.82. The van der Waals surface area contributed by atoms with Crippen LogP contribution in [0.4, 0.5) is 0 Å². The van der Waals surface area contributed by atoms with Crippen LogP contribution in [0.1, 0.15) is 47.6 Å². The normalized spacial score (nSPS) is 12.5. The van der Waals surface area contributed by atoms with E-state index in [9.17, 15) is 4.79 Å². The Hall–Kier alpha value is -2.83. The number of nitrogens with one attached hydrogen (secondary N) is 3. The summed E-state index contributed by atoms with van der Waals surface area (Å²) in [5.41, 5.74) is 4.25. The maximum absolute atomic E-state index is 12.0. The molecule has 7 heteroatoms. The SMILES string of the molecule is CCNC(=NCCCNC(=O)c1ccccc1)NC(C)Cc1c(C)nn(C)c1C. The standard InChI is InChI=1S/C22H34N6O/c1-6-23-22(26-16(2)15-20-17(3)27-28(5)18(20)4)25-14-10-13-24-21(29)19-11-8-7-9-12-19/h7-9,11-12,16H,6,10,13-15H2,1-5H3,(H,24,29)(H2,23,25,26). The first-order valence-corrected chi connectivity index (χ1v) is 10.3. The van der Waals surface area contributed by atoms with E-state index in [1.54, 1.807) is 0 Å². The highest BCUT2D eigenvalue weighted by atomic mass is 16.1. The molecule has 0 aliphatic rings. The molecular formula is C22H34N6O. The number of amides is 1. The molecule has 0 fully saturated rings. The molecule has 1 aromatic heterocycles. The topological polar surface area (TPSA) is 83.3 Å². The lowest BCUT2D eigenvalue weighted by molar-refractivity contribution is 0.0953. The van der Waals surface area contributed by atoms with Crippen LogP contribution in [0, 0.1) is 13.8 Å². The third kappa shape index (κ3) is 6.93. The van der Waals surface area contributed by atoms with Gasteiger partial charge in [-0.2, -0.15) is 5.10 Å². The average molecular weight is 399 g/mol. The molecule has 2 aromatic rings. The minimum Gasteiger partial charge on any atom is -0.357 e. The van der Waals surface area contributed by atoms with Crippen LogP contribution in [0.3, 0.4) is 0 Å². The van der Waals surface area contributed by atoms with Crippen molar-refractivity contribution in [2.45, 2.75) is 46.6 Å². The van der Waals surface area contributed by atoms with Gasteiger partial charge in [0.05, 0.1) is 5.69 Å². The molecule has 3 N–H and O–H groups in total. The molecule has 0 spiro atoms. The van der Waals surface area contributed by atoms with E-state index in [0.717, 1.165) is 31.0 Å². The van der Waals surface area contributed by atoms with Gasteiger partial charge in [0.1, 0.15) is 0 Å². The Balaban J connectivity index is 1.80. The lowest BCUT2D eigenvalue weighted by Gasteiger charge is -2.18. The molecule has 1 unspecified atom stereocenters. The summed E-state index contributed by atoms with van der Waals surface area (Å²) >= 11 is 0. The Morgan fingerprint density at radius 3 is 2.55 bits per heavy atom. The predicted molar refractivity (Wildman–Crippen MR) is 118 cm³/mol. The van der Waals surface area contributed by atoms with Crippen LogP contribution in [-0.2, 0) is 13.5 Å². The number of carbonyl (C=O) groups is 1. The van der Waals surface area contributed by atoms with E-state index in [0.29, 0.717) is 18.7 Å². The zero-order valence-corrected chi connectivity index (χ0v) is 18.2. The molecule has 0 saturated heterocycles. The number of nitrogens with zero attached hydrogens (tertiary/aromatic N) is 3. The number of aryl methyl sites for hydroxylation is 2. The molecule has 29 heavy (non-hydrogen) atoms. The van der Waals surface area contributed by atoms with Crippen molar-refractivity contribution in [2.75, 3.05) is 19.6 Å². The number of carbonyl (C=O) groups excluding carboxylic acids is 1. The van der Waals surface area contributed by atoms with Gasteiger partial charge in [0.15, 0.2) is 5.96 Å². The van der Waals surface area contributed by atoms with Crippen molar-refractivity contribution in [1.29, 1.82) is 0 Å². The molecule has 0 bridgehead atoms. The summed E-state index contributed by atoms with van der Waals surface area (Å²) < 4.78 is 1.93. The Bertz CT molecular complexity index is 812. The molecule has 158 valence electrons. The maximum atomic E-state index is 12.0. The summed E-state index contributed by atoms with van der Waals surface area (Å²) in [5.74, 6) is 0.754. The van der Waals surface area contributed by atoms with Gasteiger partial charge in [-0.1, -0.05) is 18.2 Å². The van der Waals surface area contributed by atoms with Crippen molar-refractivity contribution in [3.8, 4) is 0 Å². The van der Waals surface area contributed by atoms with Crippen molar-refractivity contribution in [3.63, 3.8) is 0 Å². The Morgan fingerprint density at radius 1 is 1.21 bits per heavy atom. The highest BCUT2D eigenvalue weighted by Gasteiger charge is 2.14. The number of hydrogen-bond acceptors (Lipinski definition) is 3. The first-order chi connectivity index (χ1) is 13.9. The first-order valence-electron chi connectivity index (χ1n) is 10.3. The molecule has 0 saturated carbocycles. The highest BCUT2D eigenvalue weighted by Crippen LogP contribution is 2.14. The summed E-state index contributed by atoms with van der Waals surface area (Å²) in [4.78, 5) is 16.7. The fraction of sp³-hybridized carbons (Fsp3) is 0.500. The molecule has 2 rings (SSSR count). The quantitative estimate of drug-likeness (QED) is 0.344. The van der Waals surface area contributed by atoms with E-state index in [2.05, 4.69) is 53.7 Å². The van der Waals surface area contributed by atoms with E-state index in [4.69, 9.17) is 0 Å². The smallest absolute Gasteiger partial charge is 0.251 e. The number of rotatable bonds is 9. The summed E-state index contributed by atoms with van der Waals surface area (Å²) in [6.45, 7) is 10.4. The molecule has 0 radical (unpaired) electrons. The van der Waals surface area contributed by atoms with Crippen molar-refractivity contribution >= 4 is 11.9 Å². The van der Waals surface area contributed by atoms with Crippen LogP contribution in [-0.4, -0.2) is 47.3 Å². The zero-order chi connectivity index (χ0) is 21.2. The van der Waals surface area contributed by atoms with Crippen LogP contribution in [0.15, 0.2) is 35.3 Å². The van der Waals surface area contributed by atoms with Gasteiger partial charge in [0, 0.05) is 44.0 Å². The number of benzene rings is 1. The minimum atomic E-state index is -0.0459. The Labute approximate surface area is 174 Å². The van der Waals surface area contributed by atoms with Crippen molar-refractivity contribution in [3.05, 3.63) is 52.8 Å². The minimum absolute atomic E-state index is 0.0459. The number of aromatic nitrogens is 2. The van der Waals surface area contributed by atoms with Crippen molar-refractivity contribution in [2.24, 2.45) is 12.0 Å². The average Bonchev–Trinajstić information content (AvgIpc) is 2.94. The monoisotopic (exact) mass is 398 g/mol. The van der Waals surface area contributed by atoms with Crippen LogP contribution >= 0.6 is 0 Å². The van der Waals surface area contributed by atoms with Gasteiger partial charge in [-0.25, -0.2) is 0 Å². The third-order valence-electron chi connectivity index (χ3n) is 4.82. The van der Waals surface area contributed by atoms with Crippen molar-refractivity contribution < 1.29 is 4.79 Å². The number of aliphatic imine (C=N–C) groups is 1. The van der Waals surface area contributed by atoms with Gasteiger partial charge >= 0.3 is 0 Å². The molecule has 1 heterocycles. The van der Waals surface area contributed by atoms with Crippen LogP contribution in [0.25, 0.3) is 0 Å². The molecular weight excluding hydrogens is 364 g/mol. The Morgan fingerprint density at radius 2 is 1.93 bits per heavy atom. The Kier molecular flexibility index (Phi) is 8.70. The van der Waals surface area contributed by atoms with E-state index < -0.39 is 0 Å². The largest absolute Gasteiger partial charge is 0.357 e. The van der Waals surface area contributed by atoms with Crippen LogP contribution in [0.5, 0.6) is 0 Å². The van der Waals surface area contributed by atoms with Crippen molar-refractivity contribution in [1.82, 2.24) is 25.7 Å². The molecule has 1 aromatic carbocycles. The fourth-order valence-electron chi connectivity index (χ4n) is 3.19. The summed E-state index contributed by atoms with van der Waals surface area (Å²) in [5, 5.41) is 14.2. The van der Waals surface area contributed by atoms with Gasteiger partial charge in [0.25, 0.3) is 5.91 Å². The molecule has 7 nitrogen and oxygen atoms in total. The summed E-state index contributed by atoms with van der Waals surface area (Å²) in [6.07, 6.45) is 1.67. The van der Waals surface area contributed by atoms with Gasteiger partial charge in [-0.05, 0) is 58.2 Å². The second-order valence-corrected chi connectivity index (χ2v) is 7.26. The molecule has 1 atom stereocenters. The van der Waals surface area contributed by atoms with E-state index >= 15 is 0 Å². The molecule has 1 amide bonds. The summed E-state index contributed by atoms with van der Waals surface area (Å²) in [7, 11) is 1.98. The first kappa shape index (κ1) is 22.5. The van der Waals surface area contributed by atoms with Gasteiger partial charge in [-0.15, -0.1) is 0 Å². The lowest BCUT2D eigenvalue weighted by Crippen LogP contribution is -2.43. The highest BCUT2D eigenvalue weighted by molar-refractivity contribution is 5.94. The molecule has 0 aliphatic heterocycles. The van der Waals surface area contributed by atoms with Crippen LogP contribution in [0.2, 0.25) is 0 Å². The van der Waals surface area contributed by atoms with Gasteiger partial charge in [-0.3, -0.25) is 14.5 Å². The van der Waals surface area contributed by atoms with Gasteiger partial charge < -0.3 is 16.0 Å². The second kappa shape index (κ2) is 11.2. The van der Waals surface area contributed by atoms with E-state index in [-0.39, 0.29) is 11.9 Å². The molecule has 0 aliphatic carbocycles. The number of hydrogen-bond donors (Lipinski definition) is 3. The predicted octanol–water partition coefficient (Wildman–Crippen LogP) is 2.34. The van der Waals surface area contributed by atoms with Gasteiger partial charge in [0.2, 0.25) is 0 Å². The number of guanidine groups is 1. The van der Waals surface area contributed by atoms with E-state index in [1.165, 1.54) is 11.3 Å². The maximum Gasteiger partial charge on any atom is 0.251 e.